The molecule has 2 N–H and O–H groups in total. The number of aromatic nitrogens is 2. The lowest BCUT2D eigenvalue weighted by atomic mass is 10.1. The highest BCUT2D eigenvalue weighted by Gasteiger charge is 2.29. The summed E-state index contributed by atoms with van der Waals surface area (Å²) in [7, 11) is 0. The Labute approximate surface area is 133 Å². The third kappa shape index (κ3) is 3.62. The summed E-state index contributed by atoms with van der Waals surface area (Å²) < 4.78 is 5.39. The number of nitrogens with two attached hydrogens (primary N) is 1. The van der Waals surface area contributed by atoms with Gasteiger partial charge >= 0.3 is 0 Å². The topological polar surface area (TPSA) is 64.9 Å². The van der Waals surface area contributed by atoms with E-state index in [1.54, 1.807) is 0 Å². The van der Waals surface area contributed by atoms with Crippen LogP contribution in [0.2, 0.25) is 0 Å². The van der Waals surface area contributed by atoms with Crippen LogP contribution in [-0.2, 0) is 6.42 Å². The molecule has 4 nitrogen and oxygen atoms in total. The number of benzene rings is 1. The van der Waals surface area contributed by atoms with E-state index in [0.29, 0.717) is 22.8 Å². The Morgan fingerprint density at radius 2 is 2.05 bits per heavy atom. The summed E-state index contributed by atoms with van der Waals surface area (Å²) in [5.74, 6) is 3.66. The molecule has 2 unspecified atom stereocenters. The summed E-state index contributed by atoms with van der Waals surface area (Å²) in [6, 6.07) is 9.90. The summed E-state index contributed by atoms with van der Waals surface area (Å²) in [6.45, 7) is 2.22. The van der Waals surface area contributed by atoms with E-state index in [1.807, 2.05) is 41.7 Å². The first-order valence-corrected chi connectivity index (χ1v) is 9.20. The van der Waals surface area contributed by atoms with Crippen LogP contribution < -0.4 is 5.73 Å². The molecule has 0 spiro atoms. The zero-order chi connectivity index (χ0) is 14.7. The fourth-order valence-corrected chi connectivity index (χ4v) is 5.06. The minimum Gasteiger partial charge on any atom is -0.338 e. The van der Waals surface area contributed by atoms with Crippen LogP contribution in [0.25, 0.3) is 0 Å². The molecule has 3 atom stereocenters. The molecule has 0 amide bonds. The molecule has 0 saturated carbocycles. The second-order valence-electron chi connectivity index (χ2n) is 5.15. The van der Waals surface area contributed by atoms with Crippen molar-refractivity contribution in [1.29, 1.82) is 0 Å². The Hall–Kier alpha value is -0.980. The molecular weight excluding hydrogens is 302 g/mol. The smallest absolute Gasteiger partial charge is 0.243 e. The Morgan fingerprint density at radius 3 is 2.81 bits per heavy atom. The third-order valence-electron chi connectivity index (χ3n) is 3.52. The van der Waals surface area contributed by atoms with E-state index in [2.05, 4.69) is 29.2 Å². The molecule has 1 aliphatic heterocycles. The Balaban J connectivity index is 1.69. The molecule has 0 radical (unpaired) electrons. The molecule has 1 aliphatic rings. The van der Waals surface area contributed by atoms with E-state index in [0.717, 1.165) is 11.6 Å². The van der Waals surface area contributed by atoms with E-state index in [4.69, 9.17) is 10.3 Å². The first-order chi connectivity index (χ1) is 10.2. The van der Waals surface area contributed by atoms with Crippen LogP contribution in [0.1, 0.15) is 35.5 Å². The van der Waals surface area contributed by atoms with Crippen molar-refractivity contribution in [2.45, 2.75) is 29.9 Å². The highest BCUT2D eigenvalue weighted by molar-refractivity contribution is 8.06. The third-order valence-corrected chi connectivity index (χ3v) is 6.60. The minimum absolute atomic E-state index is 0.245. The Morgan fingerprint density at radius 1 is 1.29 bits per heavy atom. The molecular formula is C15H19N3OS2. The lowest BCUT2D eigenvalue weighted by Gasteiger charge is -2.24. The molecule has 1 saturated heterocycles. The number of hydrogen-bond acceptors (Lipinski definition) is 6. The van der Waals surface area contributed by atoms with Crippen LogP contribution >= 0.6 is 23.5 Å². The summed E-state index contributed by atoms with van der Waals surface area (Å²) in [4.78, 5) is 4.54. The van der Waals surface area contributed by atoms with Gasteiger partial charge in [0, 0.05) is 16.8 Å². The molecule has 21 heavy (non-hydrogen) atoms. The fourth-order valence-electron chi connectivity index (χ4n) is 2.39. The number of thioether (sulfide) groups is 2. The van der Waals surface area contributed by atoms with E-state index < -0.39 is 0 Å². The van der Waals surface area contributed by atoms with Crippen LogP contribution in [0.5, 0.6) is 0 Å². The molecule has 2 heterocycles. The van der Waals surface area contributed by atoms with Crippen LogP contribution in [0.3, 0.4) is 0 Å². The van der Waals surface area contributed by atoms with Gasteiger partial charge in [-0.3, -0.25) is 0 Å². The predicted molar refractivity (Wildman–Crippen MR) is 88.5 cm³/mol. The van der Waals surface area contributed by atoms with E-state index in [1.165, 1.54) is 11.3 Å². The SMILES string of the molecule is CC1SCCSC1c1noc([C@H](N)Cc2ccccc2)n1. The molecule has 0 aliphatic carbocycles. The van der Waals surface area contributed by atoms with Gasteiger partial charge in [0.05, 0.1) is 11.3 Å². The molecule has 3 rings (SSSR count). The van der Waals surface area contributed by atoms with Crippen molar-refractivity contribution in [3.05, 3.63) is 47.6 Å². The molecule has 1 aromatic heterocycles. The minimum atomic E-state index is -0.245. The molecule has 0 bridgehead atoms. The van der Waals surface area contributed by atoms with Gasteiger partial charge in [-0.05, 0) is 12.0 Å². The predicted octanol–water partition coefficient (Wildman–Crippen LogP) is 3.22. The van der Waals surface area contributed by atoms with Crippen LogP contribution in [0, 0.1) is 0 Å². The van der Waals surface area contributed by atoms with Crippen molar-refractivity contribution in [2.75, 3.05) is 11.5 Å². The molecule has 112 valence electrons. The Bertz CT molecular complexity index is 575. The average Bonchev–Trinajstić information content (AvgIpc) is 2.98. The van der Waals surface area contributed by atoms with Gasteiger partial charge in [-0.25, -0.2) is 0 Å². The lowest BCUT2D eigenvalue weighted by Crippen LogP contribution is -2.17. The molecule has 2 aromatic rings. The van der Waals surface area contributed by atoms with E-state index in [-0.39, 0.29) is 6.04 Å². The maximum Gasteiger partial charge on any atom is 0.243 e. The second-order valence-corrected chi connectivity index (χ2v) is 7.89. The molecule has 1 fully saturated rings. The van der Waals surface area contributed by atoms with Crippen molar-refractivity contribution in [3.8, 4) is 0 Å². The normalized spacial score (nSPS) is 23.9. The van der Waals surface area contributed by atoms with Gasteiger partial charge in [0.2, 0.25) is 5.89 Å². The van der Waals surface area contributed by atoms with Gasteiger partial charge in [0.25, 0.3) is 0 Å². The quantitative estimate of drug-likeness (QED) is 0.933. The van der Waals surface area contributed by atoms with Crippen molar-refractivity contribution >= 4 is 23.5 Å². The maximum absolute atomic E-state index is 6.20. The number of rotatable bonds is 4. The highest BCUT2D eigenvalue weighted by atomic mass is 32.2. The van der Waals surface area contributed by atoms with Crippen LogP contribution in [0.4, 0.5) is 0 Å². The largest absolute Gasteiger partial charge is 0.338 e. The van der Waals surface area contributed by atoms with Crippen LogP contribution in [0.15, 0.2) is 34.9 Å². The van der Waals surface area contributed by atoms with E-state index >= 15 is 0 Å². The maximum atomic E-state index is 6.20. The van der Waals surface area contributed by atoms with Crippen molar-refractivity contribution < 1.29 is 4.52 Å². The Kier molecular flexibility index (Phi) is 4.87. The summed E-state index contributed by atoms with van der Waals surface area (Å²) in [5.41, 5.74) is 7.38. The van der Waals surface area contributed by atoms with Gasteiger partial charge in [-0.2, -0.15) is 16.7 Å². The van der Waals surface area contributed by atoms with Crippen molar-refractivity contribution in [1.82, 2.24) is 10.1 Å². The highest BCUT2D eigenvalue weighted by Crippen LogP contribution is 2.41. The summed E-state index contributed by atoms with van der Waals surface area (Å²) in [6.07, 6.45) is 0.713. The number of nitrogens with zero attached hydrogens (tertiary/aromatic N) is 2. The standard InChI is InChI=1S/C15H19N3OS2/c1-10-13(21-8-7-20-10)14-17-15(19-18-14)12(16)9-11-5-3-2-4-6-11/h2-6,10,12-13H,7-9,16H2,1H3/t10?,12-,13?/m1/s1. The molecule has 6 heteroatoms. The molecule has 1 aromatic carbocycles. The first-order valence-electron chi connectivity index (χ1n) is 7.10. The van der Waals surface area contributed by atoms with E-state index in [9.17, 15) is 0 Å². The van der Waals surface area contributed by atoms with Gasteiger partial charge < -0.3 is 10.3 Å². The monoisotopic (exact) mass is 321 g/mol. The van der Waals surface area contributed by atoms with Crippen molar-refractivity contribution in [2.24, 2.45) is 5.73 Å². The van der Waals surface area contributed by atoms with Gasteiger partial charge in [0.1, 0.15) is 0 Å². The average molecular weight is 321 g/mol. The number of hydrogen-bond donors (Lipinski definition) is 1. The second kappa shape index (κ2) is 6.85. The summed E-state index contributed by atoms with van der Waals surface area (Å²) >= 11 is 3.87. The zero-order valence-corrected chi connectivity index (χ0v) is 13.6. The van der Waals surface area contributed by atoms with Gasteiger partial charge in [-0.15, -0.1) is 11.8 Å². The lowest BCUT2D eigenvalue weighted by molar-refractivity contribution is 0.350. The van der Waals surface area contributed by atoms with Crippen LogP contribution in [-0.4, -0.2) is 26.9 Å². The zero-order valence-electron chi connectivity index (χ0n) is 11.9. The van der Waals surface area contributed by atoms with Gasteiger partial charge in [0.15, 0.2) is 5.82 Å². The summed E-state index contributed by atoms with van der Waals surface area (Å²) in [5, 5.41) is 4.98. The fraction of sp³-hybridized carbons (Fsp3) is 0.467. The first kappa shape index (κ1) is 14.9. The van der Waals surface area contributed by atoms with Crippen molar-refractivity contribution in [3.63, 3.8) is 0 Å². The van der Waals surface area contributed by atoms with Gasteiger partial charge in [-0.1, -0.05) is 42.4 Å².